The summed E-state index contributed by atoms with van der Waals surface area (Å²) in [5, 5.41) is 4.72. The monoisotopic (exact) mass is 853 g/mol. The summed E-state index contributed by atoms with van der Waals surface area (Å²) in [6.07, 6.45) is 0. The Labute approximate surface area is 390 Å². The Morgan fingerprint density at radius 2 is 0.881 bits per heavy atom. The van der Waals surface area contributed by atoms with Gasteiger partial charge in [-0.05, 0) is 109 Å². The molecule has 1 aliphatic rings. The van der Waals surface area contributed by atoms with Gasteiger partial charge >= 0.3 is 0 Å². The molecule has 314 valence electrons. The first-order valence-corrected chi connectivity index (χ1v) is 23.1. The van der Waals surface area contributed by atoms with Gasteiger partial charge in [-0.15, -0.1) is 0 Å². The summed E-state index contributed by atoms with van der Waals surface area (Å²) in [4.78, 5) is 2.49. The van der Waals surface area contributed by atoms with E-state index in [0.717, 1.165) is 55.7 Å². The van der Waals surface area contributed by atoms with Crippen LogP contribution in [0.25, 0.3) is 77.2 Å². The predicted octanol–water partition coefficient (Wildman–Crippen LogP) is 17.6. The van der Waals surface area contributed by atoms with Crippen molar-refractivity contribution in [1.29, 1.82) is 0 Å². The number of hydrogen-bond acceptors (Lipinski definition) is 2. The molecule has 0 bridgehead atoms. The van der Waals surface area contributed by atoms with Crippen LogP contribution in [-0.2, 0) is 5.41 Å². The molecule has 1 aliphatic carbocycles. The lowest BCUT2D eigenvalue weighted by Crippen LogP contribution is -2.28. The van der Waals surface area contributed by atoms with Crippen LogP contribution in [0.5, 0.6) is 0 Å². The van der Waals surface area contributed by atoms with Gasteiger partial charge in [-0.25, -0.2) is 0 Å². The van der Waals surface area contributed by atoms with Crippen molar-refractivity contribution in [3.8, 4) is 44.5 Å². The molecule has 0 atom stereocenters. The molecule has 2 heteroatoms. The molecule has 0 saturated heterocycles. The molecule has 0 amide bonds. The third-order valence-corrected chi connectivity index (χ3v) is 14.0. The SMILES string of the molecule is c1ccc(C2(c3ccccc3)c3ccccc3-c3c(N(c4ccc(-c5cccc(-c6cccc7ccccc67)c5)cc4)c4ccccc4-c4cccc5oc6ccccc6c45)cccc32)cc1. The summed E-state index contributed by atoms with van der Waals surface area (Å²) < 4.78 is 6.49. The number of benzene rings is 11. The van der Waals surface area contributed by atoms with Gasteiger partial charge in [0.25, 0.3) is 0 Å². The predicted molar refractivity (Wildman–Crippen MR) is 280 cm³/mol. The maximum atomic E-state index is 6.49. The van der Waals surface area contributed by atoms with Crippen molar-refractivity contribution < 1.29 is 4.42 Å². The molecule has 0 spiro atoms. The van der Waals surface area contributed by atoms with Crippen LogP contribution in [0.15, 0.2) is 265 Å². The van der Waals surface area contributed by atoms with Gasteiger partial charge in [0.15, 0.2) is 0 Å². The highest BCUT2D eigenvalue weighted by molar-refractivity contribution is 6.14. The van der Waals surface area contributed by atoms with E-state index < -0.39 is 5.41 Å². The summed E-state index contributed by atoms with van der Waals surface area (Å²) in [7, 11) is 0. The van der Waals surface area contributed by atoms with Gasteiger partial charge < -0.3 is 9.32 Å². The minimum atomic E-state index is -0.546. The smallest absolute Gasteiger partial charge is 0.136 e. The maximum absolute atomic E-state index is 6.49. The number of fused-ring (bicyclic) bond motifs is 7. The van der Waals surface area contributed by atoms with E-state index in [1.165, 1.54) is 60.8 Å². The number of hydrogen-bond donors (Lipinski definition) is 0. The lowest BCUT2D eigenvalue weighted by Gasteiger charge is -2.34. The summed E-state index contributed by atoms with van der Waals surface area (Å²) in [5.74, 6) is 0. The first-order chi connectivity index (χ1) is 33.3. The zero-order valence-corrected chi connectivity index (χ0v) is 36.7. The topological polar surface area (TPSA) is 16.4 Å². The molecule has 0 aliphatic heterocycles. The Kier molecular flexibility index (Phi) is 9.11. The second-order valence-electron chi connectivity index (χ2n) is 17.5. The Balaban J connectivity index is 1.05. The molecule has 0 N–H and O–H groups in total. The molecule has 67 heavy (non-hydrogen) atoms. The quantitative estimate of drug-likeness (QED) is 0.151. The normalized spacial score (nSPS) is 12.6. The average Bonchev–Trinajstić information content (AvgIpc) is 3.94. The van der Waals surface area contributed by atoms with Crippen molar-refractivity contribution in [2.24, 2.45) is 0 Å². The van der Waals surface area contributed by atoms with Crippen LogP contribution in [-0.4, -0.2) is 0 Å². The summed E-state index contributed by atoms with van der Waals surface area (Å²) in [5.41, 5.74) is 19.0. The highest BCUT2D eigenvalue weighted by atomic mass is 16.3. The minimum absolute atomic E-state index is 0.546. The van der Waals surface area contributed by atoms with Crippen LogP contribution in [0, 0.1) is 0 Å². The van der Waals surface area contributed by atoms with Crippen LogP contribution >= 0.6 is 0 Å². The molecule has 12 aromatic rings. The molecule has 1 heterocycles. The molecule has 0 saturated carbocycles. The second-order valence-corrected chi connectivity index (χ2v) is 17.5. The summed E-state index contributed by atoms with van der Waals surface area (Å²) >= 11 is 0. The van der Waals surface area contributed by atoms with Gasteiger partial charge in [0.1, 0.15) is 11.2 Å². The molecular weight excluding hydrogens is 811 g/mol. The van der Waals surface area contributed by atoms with E-state index >= 15 is 0 Å². The lowest BCUT2D eigenvalue weighted by atomic mass is 9.68. The zero-order chi connectivity index (χ0) is 44.3. The van der Waals surface area contributed by atoms with Crippen LogP contribution in [0.3, 0.4) is 0 Å². The first-order valence-electron chi connectivity index (χ1n) is 23.1. The van der Waals surface area contributed by atoms with Crippen LogP contribution < -0.4 is 4.90 Å². The van der Waals surface area contributed by atoms with Crippen molar-refractivity contribution in [3.05, 3.63) is 283 Å². The average molecular weight is 854 g/mol. The van der Waals surface area contributed by atoms with Gasteiger partial charge in [0, 0.05) is 27.6 Å². The van der Waals surface area contributed by atoms with Gasteiger partial charge in [0.2, 0.25) is 0 Å². The largest absolute Gasteiger partial charge is 0.456 e. The van der Waals surface area contributed by atoms with E-state index in [9.17, 15) is 0 Å². The Hall–Kier alpha value is -8.72. The molecular formula is C65H43NO. The zero-order valence-electron chi connectivity index (χ0n) is 36.7. The van der Waals surface area contributed by atoms with E-state index in [4.69, 9.17) is 4.42 Å². The molecule has 13 rings (SSSR count). The maximum Gasteiger partial charge on any atom is 0.136 e. The van der Waals surface area contributed by atoms with Gasteiger partial charge in [-0.3, -0.25) is 0 Å². The second kappa shape index (κ2) is 15.8. The van der Waals surface area contributed by atoms with E-state index in [-0.39, 0.29) is 0 Å². The number of para-hydroxylation sites is 2. The molecule has 0 radical (unpaired) electrons. The number of anilines is 3. The van der Waals surface area contributed by atoms with Crippen molar-refractivity contribution in [2.45, 2.75) is 5.41 Å². The van der Waals surface area contributed by atoms with Crippen molar-refractivity contribution in [2.75, 3.05) is 4.90 Å². The first kappa shape index (κ1) is 38.7. The highest BCUT2D eigenvalue weighted by Gasteiger charge is 2.47. The van der Waals surface area contributed by atoms with Crippen LogP contribution in [0.1, 0.15) is 22.3 Å². The highest BCUT2D eigenvalue weighted by Crippen LogP contribution is 2.60. The third-order valence-electron chi connectivity index (χ3n) is 14.0. The fourth-order valence-electron chi connectivity index (χ4n) is 11.1. The Morgan fingerprint density at radius 1 is 0.328 bits per heavy atom. The van der Waals surface area contributed by atoms with E-state index in [1.54, 1.807) is 0 Å². The van der Waals surface area contributed by atoms with Crippen molar-refractivity contribution in [1.82, 2.24) is 0 Å². The number of furan rings is 1. The lowest BCUT2D eigenvalue weighted by molar-refractivity contribution is 0.669. The molecule has 0 unspecified atom stereocenters. The Morgan fingerprint density at radius 3 is 1.70 bits per heavy atom. The minimum Gasteiger partial charge on any atom is -0.456 e. The van der Waals surface area contributed by atoms with E-state index in [0.29, 0.717) is 0 Å². The van der Waals surface area contributed by atoms with Crippen LogP contribution in [0.2, 0.25) is 0 Å². The van der Waals surface area contributed by atoms with Gasteiger partial charge in [0.05, 0.1) is 16.8 Å². The fraction of sp³-hybridized carbons (Fsp3) is 0.0154. The summed E-state index contributed by atoms with van der Waals surface area (Å²) in [6, 6.07) is 95.1. The van der Waals surface area contributed by atoms with Gasteiger partial charge in [-0.2, -0.15) is 0 Å². The van der Waals surface area contributed by atoms with Crippen molar-refractivity contribution >= 4 is 49.8 Å². The molecule has 2 nitrogen and oxygen atoms in total. The molecule has 11 aromatic carbocycles. The number of rotatable bonds is 8. The van der Waals surface area contributed by atoms with E-state index in [2.05, 4.69) is 260 Å². The third kappa shape index (κ3) is 6.11. The Bertz CT molecular complexity index is 3760. The summed E-state index contributed by atoms with van der Waals surface area (Å²) in [6.45, 7) is 0. The molecule has 0 fully saturated rings. The van der Waals surface area contributed by atoms with Crippen LogP contribution in [0.4, 0.5) is 17.1 Å². The van der Waals surface area contributed by atoms with E-state index in [1.807, 2.05) is 6.07 Å². The molecule has 1 aromatic heterocycles. The van der Waals surface area contributed by atoms with Crippen molar-refractivity contribution in [3.63, 3.8) is 0 Å². The fourth-order valence-corrected chi connectivity index (χ4v) is 11.1. The number of nitrogens with zero attached hydrogens (tertiary/aromatic N) is 1. The van der Waals surface area contributed by atoms with Gasteiger partial charge in [-0.1, -0.05) is 218 Å². The standard InChI is InChI=1S/C65H43NO/c1-3-23-48(24-4-1)65(49-25-5-2-6-26-49)57-33-12-9-29-55(57)64-58(65)34-18-36-60(64)66(59-35-13-10-28-53(59)54-32-17-38-62-63(54)56-30-11-14-37-61(56)67-62)50-41-39-44(40-42-50)46-21-15-22-47(43-46)52-31-16-20-45-19-7-8-27-51(45)52/h1-43H.